The molecule has 1 saturated heterocycles. The Labute approximate surface area is 120 Å². The Morgan fingerprint density at radius 1 is 1.50 bits per heavy atom. The lowest BCUT2D eigenvalue weighted by molar-refractivity contribution is 0.0736. The Balaban J connectivity index is 2.18. The van der Waals surface area contributed by atoms with Crippen LogP contribution in [0.2, 0.25) is 0 Å². The molecule has 0 N–H and O–H groups in total. The molecule has 0 amide bonds. The second-order valence-corrected chi connectivity index (χ2v) is 5.32. The van der Waals surface area contributed by atoms with Crippen molar-refractivity contribution in [2.45, 2.75) is 37.8 Å². The second kappa shape index (κ2) is 5.30. The van der Waals surface area contributed by atoms with Gasteiger partial charge in [-0.1, -0.05) is 0 Å². The van der Waals surface area contributed by atoms with E-state index in [1.54, 1.807) is 4.57 Å². The Hall–Kier alpha value is -1.20. The number of aromatic nitrogens is 2. The smallest absolute Gasteiger partial charge is 0.184 e. The molecule has 2 unspecified atom stereocenters. The van der Waals surface area contributed by atoms with Gasteiger partial charge < -0.3 is 9.30 Å². The van der Waals surface area contributed by atoms with Gasteiger partial charge in [-0.25, -0.2) is 13.8 Å². The van der Waals surface area contributed by atoms with Crippen molar-refractivity contribution in [2.24, 2.45) is 0 Å². The zero-order chi connectivity index (χ0) is 14.3. The molecular formula is C14H15ClF2N2O. The summed E-state index contributed by atoms with van der Waals surface area (Å²) in [6.45, 7) is 2.63. The van der Waals surface area contributed by atoms with Crippen LogP contribution >= 0.6 is 11.6 Å². The van der Waals surface area contributed by atoms with E-state index < -0.39 is 11.6 Å². The van der Waals surface area contributed by atoms with E-state index in [1.165, 1.54) is 6.07 Å². The van der Waals surface area contributed by atoms with Gasteiger partial charge in [0.15, 0.2) is 11.6 Å². The van der Waals surface area contributed by atoms with Crippen LogP contribution in [0.1, 0.15) is 31.6 Å². The molecule has 1 aromatic heterocycles. The normalized spacial score (nSPS) is 20.7. The lowest BCUT2D eigenvalue weighted by Crippen LogP contribution is -2.22. The number of hydrogen-bond acceptors (Lipinski definition) is 2. The fourth-order valence-corrected chi connectivity index (χ4v) is 3.04. The Morgan fingerprint density at radius 2 is 2.30 bits per heavy atom. The topological polar surface area (TPSA) is 27.1 Å². The monoisotopic (exact) mass is 300 g/mol. The Kier molecular flexibility index (Phi) is 3.65. The summed E-state index contributed by atoms with van der Waals surface area (Å²) in [5, 5.41) is 0. The van der Waals surface area contributed by atoms with E-state index in [1.807, 2.05) is 6.92 Å². The van der Waals surface area contributed by atoms with Gasteiger partial charge in [-0.3, -0.25) is 0 Å². The van der Waals surface area contributed by atoms with Crippen molar-refractivity contribution in [1.82, 2.24) is 9.55 Å². The molecule has 3 rings (SSSR count). The summed E-state index contributed by atoms with van der Waals surface area (Å²) < 4.78 is 35.0. The zero-order valence-corrected chi connectivity index (χ0v) is 11.8. The van der Waals surface area contributed by atoms with Crippen molar-refractivity contribution in [3.63, 3.8) is 0 Å². The third kappa shape index (κ3) is 2.09. The first-order valence-electron chi connectivity index (χ1n) is 6.66. The fraction of sp³-hybridized carbons (Fsp3) is 0.500. The summed E-state index contributed by atoms with van der Waals surface area (Å²) >= 11 is 5.91. The van der Waals surface area contributed by atoms with E-state index in [9.17, 15) is 8.78 Å². The first-order chi connectivity index (χ1) is 9.63. The van der Waals surface area contributed by atoms with Gasteiger partial charge >= 0.3 is 0 Å². The van der Waals surface area contributed by atoms with Crippen molar-refractivity contribution in [2.75, 3.05) is 6.61 Å². The van der Waals surface area contributed by atoms with Crippen LogP contribution in [0.15, 0.2) is 12.1 Å². The molecule has 108 valence electrons. The van der Waals surface area contributed by atoms with Gasteiger partial charge in [0.2, 0.25) is 0 Å². The molecule has 1 fully saturated rings. The van der Waals surface area contributed by atoms with Gasteiger partial charge in [-0.15, -0.1) is 11.6 Å². The summed E-state index contributed by atoms with van der Waals surface area (Å²) in [6.07, 6.45) is 1.87. The minimum absolute atomic E-state index is 0.0166. The summed E-state index contributed by atoms with van der Waals surface area (Å²) in [4.78, 5) is 4.29. The van der Waals surface area contributed by atoms with Crippen LogP contribution in [0.25, 0.3) is 11.0 Å². The molecule has 1 aliphatic rings. The van der Waals surface area contributed by atoms with Gasteiger partial charge in [0.25, 0.3) is 0 Å². The van der Waals surface area contributed by atoms with Gasteiger partial charge in [-0.05, 0) is 31.9 Å². The van der Waals surface area contributed by atoms with E-state index in [4.69, 9.17) is 16.3 Å². The zero-order valence-electron chi connectivity index (χ0n) is 11.1. The van der Waals surface area contributed by atoms with Crippen LogP contribution in [0.3, 0.4) is 0 Å². The molecule has 2 heterocycles. The average molecular weight is 301 g/mol. The molecule has 0 saturated carbocycles. The lowest BCUT2D eigenvalue weighted by Gasteiger charge is -2.22. The number of ether oxygens (including phenoxy) is 1. The largest absolute Gasteiger partial charge is 0.376 e. The molecule has 0 radical (unpaired) electrons. The first-order valence-corrected chi connectivity index (χ1v) is 7.19. The van der Waals surface area contributed by atoms with Crippen LogP contribution in [0, 0.1) is 11.6 Å². The van der Waals surface area contributed by atoms with E-state index in [0.29, 0.717) is 17.9 Å². The maximum atomic E-state index is 14.1. The van der Waals surface area contributed by atoms with Gasteiger partial charge in [0.05, 0.1) is 23.5 Å². The van der Waals surface area contributed by atoms with Crippen molar-refractivity contribution >= 4 is 22.6 Å². The molecule has 3 nitrogen and oxygen atoms in total. The number of nitrogens with zero attached hydrogens (tertiary/aromatic N) is 2. The Morgan fingerprint density at radius 3 is 2.95 bits per heavy atom. The van der Waals surface area contributed by atoms with E-state index >= 15 is 0 Å². The number of benzene rings is 1. The average Bonchev–Trinajstić information content (AvgIpc) is 3.09. The highest BCUT2D eigenvalue weighted by atomic mass is 35.5. The van der Waals surface area contributed by atoms with Gasteiger partial charge in [0, 0.05) is 6.61 Å². The molecule has 6 heteroatoms. The molecular weight excluding hydrogens is 286 g/mol. The third-order valence-corrected chi connectivity index (χ3v) is 4.09. The first kappa shape index (κ1) is 13.8. The third-order valence-electron chi connectivity index (χ3n) is 3.85. The molecule has 0 aliphatic carbocycles. The molecule has 0 spiro atoms. The van der Waals surface area contributed by atoms with Crippen LogP contribution < -0.4 is 0 Å². The molecule has 2 atom stereocenters. The van der Waals surface area contributed by atoms with Crippen molar-refractivity contribution in [1.29, 1.82) is 0 Å². The van der Waals surface area contributed by atoms with E-state index in [2.05, 4.69) is 4.98 Å². The number of halogens is 3. The Bertz CT molecular complexity index is 638. The number of rotatable bonds is 3. The number of alkyl halides is 1. The van der Waals surface area contributed by atoms with Gasteiger partial charge in [0.1, 0.15) is 11.3 Å². The van der Waals surface area contributed by atoms with Gasteiger partial charge in [-0.2, -0.15) is 0 Å². The van der Waals surface area contributed by atoms with Crippen molar-refractivity contribution in [3.8, 4) is 0 Å². The fourth-order valence-electron chi connectivity index (χ4n) is 2.85. The molecule has 2 aromatic rings. The molecule has 0 bridgehead atoms. The maximum absolute atomic E-state index is 14.1. The number of fused-ring (bicyclic) bond motifs is 1. The highest BCUT2D eigenvalue weighted by molar-refractivity contribution is 6.16. The molecule has 1 aliphatic heterocycles. The SMILES string of the molecule is CC(C1CCCO1)n1c(CCl)nc2ccc(F)c(F)c21. The standard InChI is InChI=1S/C14H15ClF2N2O/c1-8(11-3-2-6-20-11)19-12(7-15)18-10-5-4-9(16)13(17)14(10)19/h4-5,8,11H,2-3,6-7H2,1H3. The molecule has 1 aromatic carbocycles. The lowest BCUT2D eigenvalue weighted by atomic mass is 10.1. The molecule has 20 heavy (non-hydrogen) atoms. The van der Waals surface area contributed by atoms with Crippen molar-refractivity contribution < 1.29 is 13.5 Å². The minimum atomic E-state index is -0.879. The quantitative estimate of drug-likeness (QED) is 0.806. The highest BCUT2D eigenvalue weighted by Gasteiger charge is 2.28. The van der Waals surface area contributed by atoms with Crippen molar-refractivity contribution in [3.05, 3.63) is 29.6 Å². The number of imidazole rings is 1. The van der Waals surface area contributed by atoms with Crippen LogP contribution in [0.5, 0.6) is 0 Å². The number of hydrogen-bond donors (Lipinski definition) is 0. The summed E-state index contributed by atoms with van der Waals surface area (Å²) in [6, 6.07) is 2.43. The second-order valence-electron chi connectivity index (χ2n) is 5.05. The van der Waals surface area contributed by atoms with E-state index in [0.717, 1.165) is 18.9 Å². The minimum Gasteiger partial charge on any atom is -0.376 e. The maximum Gasteiger partial charge on any atom is 0.184 e. The summed E-state index contributed by atoms with van der Waals surface area (Å²) in [5.74, 6) is -1.07. The van der Waals surface area contributed by atoms with Crippen LogP contribution in [0.4, 0.5) is 8.78 Å². The predicted molar refractivity (Wildman–Crippen MR) is 72.9 cm³/mol. The highest BCUT2D eigenvalue weighted by Crippen LogP contribution is 2.31. The van der Waals surface area contributed by atoms with E-state index in [-0.39, 0.29) is 23.5 Å². The summed E-state index contributed by atoms with van der Waals surface area (Å²) in [5.41, 5.74) is 0.591. The predicted octanol–water partition coefficient (Wildman–Crippen LogP) is 3.79. The van der Waals surface area contributed by atoms with Crippen LogP contribution in [-0.4, -0.2) is 22.3 Å². The summed E-state index contributed by atoms with van der Waals surface area (Å²) in [7, 11) is 0. The van der Waals surface area contributed by atoms with Crippen LogP contribution in [-0.2, 0) is 10.6 Å².